The summed E-state index contributed by atoms with van der Waals surface area (Å²) in [7, 11) is 0. The molecule has 0 aromatic heterocycles. The maximum absolute atomic E-state index is 13.7. The van der Waals surface area contributed by atoms with Crippen molar-refractivity contribution in [3.8, 4) is 0 Å². The quantitative estimate of drug-likeness (QED) is 0.579. The van der Waals surface area contributed by atoms with Crippen LogP contribution in [0.5, 0.6) is 0 Å². The summed E-state index contributed by atoms with van der Waals surface area (Å²) < 4.78 is 5.74. The van der Waals surface area contributed by atoms with Crippen LogP contribution in [0.25, 0.3) is 0 Å². The number of likely N-dealkylation sites (tertiary alicyclic amines) is 1. The number of ether oxygens (including phenoxy) is 1. The first-order chi connectivity index (χ1) is 14.1. The molecule has 2 atom stereocenters. The molecule has 1 N–H and O–H groups in total. The molecule has 1 aromatic carbocycles. The molecule has 1 aliphatic rings. The summed E-state index contributed by atoms with van der Waals surface area (Å²) in [5.74, 6) is -0.488. The highest BCUT2D eigenvalue weighted by Gasteiger charge is 2.54. The van der Waals surface area contributed by atoms with Gasteiger partial charge in [-0.1, -0.05) is 44.2 Å². The van der Waals surface area contributed by atoms with Gasteiger partial charge < -0.3 is 14.7 Å². The van der Waals surface area contributed by atoms with Gasteiger partial charge in [-0.15, -0.1) is 0 Å². The van der Waals surface area contributed by atoms with Gasteiger partial charge in [-0.2, -0.15) is 0 Å². The van der Waals surface area contributed by atoms with Gasteiger partial charge in [-0.25, -0.2) is 0 Å². The van der Waals surface area contributed by atoms with Gasteiger partial charge >= 0.3 is 5.97 Å². The Morgan fingerprint density at radius 1 is 1.23 bits per heavy atom. The van der Waals surface area contributed by atoms with Gasteiger partial charge in [0.15, 0.2) is 0 Å². The zero-order valence-electron chi connectivity index (χ0n) is 19.3. The van der Waals surface area contributed by atoms with Gasteiger partial charge in [0.25, 0.3) is 0 Å². The fourth-order valence-corrected chi connectivity index (χ4v) is 4.65. The van der Waals surface area contributed by atoms with E-state index in [9.17, 15) is 14.7 Å². The molecular formula is C25H39NO4. The molecule has 30 heavy (non-hydrogen) atoms. The smallest absolute Gasteiger partial charge is 0.310 e. The summed E-state index contributed by atoms with van der Waals surface area (Å²) in [6, 6.07) is 10.2. The minimum atomic E-state index is -0.748. The number of hydrogen-bond acceptors (Lipinski definition) is 4. The molecule has 5 nitrogen and oxygen atoms in total. The largest absolute Gasteiger partial charge is 0.460 e. The van der Waals surface area contributed by atoms with Crippen molar-refractivity contribution in [2.45, 2.75) is 72.3 Å². The van der Waals surface area contributed by atoms with Crippen LogP contribution in [0.1, 0.15) is 65.9 Å². The molecule has 1 aliphatic heterocycles. The highest BCUT2D eigenvalue weighted by atomic mass is 16.6. The van der Waals surface area contributed by atoms with Crippen molar-refractivity contribution in [1.29, 1.82) is 0 Å². The Morgan fingerprint density at radius 2 is 1.90 bits per heavy atom. The summed E-state index contributed by atoms with van der Waals surface area (Å²) in [5, 5.41) is 9.42. The number of aliphatic hydroxyl groups excluding tert-OH is 1. The molecule has 5 heteroatoms. The number of rotatable bonds is 10. The zero-order chi connectivity index (χ0) is 22.4. The van der Waals surface area contributed by atoms with Crippen LogP contribution in [0, 0.1) is 17.3 Å². The second-order valence-corrected chi connectivity index (χ2v) is 9.98. The summed E-state index contributed by atoms with van der Waals surface area (Å²) in [5.41, 5.74) is -0.152. The Labute approximate surface area is 181 Å². The lowest BCUT2D eigenvalue weighted by Crippen LogP contribution is -2.46. The van der Waals surface area contributed by atoms with Crippen molar-refractivity contribution in [3.63, 3.8) is 0 Å². The molecule has 0 aliphatic carbocycles. The molecule has 1 saturated heterocycles. The van der Waals surface area contributed by atoms with Gasteiger partial charge in [0.05, 0.1) is 11.3 Å². The SMILES string of the molecule is CC(C)CC1(C(CCCO)C(=O)OC(C)(C)C)CCN(CCc2ccccc2)C1=O. The van der Waals surface area contributed by atoms with Gasteiger partial charge in [-0.05, 0) is 64.4 Å². The molecule has 0 radical (unpaired) electrons. The van der Waals surface area contributed by atoms with Crippen molar-refractivity contribution in [2.24, 2.45) is 17.3 Å². The van der Waals surface area contributed by atoms with Crippen molar-refractivity contribution in [2.75, 3.05) is 19.7 Å². The van der Waals surface area contributed by atoms with Gasteiger partial charge in [0.2, 0.25) is 5.91 Å². The fourth-order valence-electron chi connectivity index (χ4n) is 4.65. The van der Waals surface area contributed by atoms with Crippen LogP contribution in [0.2, 0.25) is 0 Å². The number of carbonyl (C=O) groups is 2. The van der Waals surface area contributed by atoms with Crippen molar-refractivity contribution in [1.82, 2.24) is 4.90 Å². The maximum Gasteiger partial charge on any atom is 0.310 e. The number of carbonyl (C=O) groups excluding carboxylic acids is 2. The Hall–Kier alpha value is -1.88. The lowest BCUT2D eigenvalue weighted by atomic mass is 9.67. The highest BCUT2D eigenvalue weighted by molar-refractivity contribution is 5.90. The summed E-state index contributed by atoms with van der Waals surface area (Å²) >= 11 is 0. The molecule has 2 rings (SSSR count). The van der Waals surface area contributed by atoms with Crippen LogP contribution in [0.15, 0.2) is 30.3 Å². The Balaban J connectivity index is 2.26. The first kappa shape index (κ1) is 24.4. The van der Waals surface area contributed by atoms with Crippen molar-refractivity contribution >= 4 is 11.9 Å². The van der Waals surface area contributed by atoms with Crippen LogP contribution in [-0.4, -0.2) is 47.2 Å². The second kappa shape index (κ2) is 10.4. The molecule has 1 fully saturated rings. The van der Waals surface area contributed by atoms with Gasteiger partial charge in [0.1, 0.15) is 5.60 Å². The normalized spacial score (nSPS) is 20.6. The summed E-state index contributed by atoms with van der Waals surface area (Å²) in [6.45, 7) is 11.1. The molecular weight excluding hydrogens is 378 g/mol. The second-order valence-electron chi connectivity index (χ2n) is 9.98. The first-order valence-electron chi connectivity index (χ1n) is 11.3. The van der Waals surface area contributed by atoms with Crippen LogP contribution in [0.3, 0.4) is 0 Å². The Morgan fingerprint density at radius 3 is 2.47 bits per heavy atom. The van der Waals surface area contributed by atoms with E-state index in [1.54, 1.807) is 0 Å². The van der Waals surface area contributed by atoms with Crippen LogP contribution in [-0.2, 0) is 20.7 Å². The van der Waals surface area contributed by atoms with Crippen molar-refractivity contribution < 1.29 is 19.4 Å². The minimum absolute atomic E-state index is 0.00294. The third-order valence-electron chi connectivity index (χ3n) is 5.84. The summed E-state index contributed by atoms with van der Waals surface area (Å²) in [6.07, 6.45) is 3.08. The molecule has 0 bridgehead atoms. The van der Waals surface area contributed by atoms with E-state index in [2.05, 4.69) is 26.0 Å². The Kier molecular flexibility index (Phi) is 8.48. The predicted octanol–water partition coefficient (Wildman–Crippen LogP) is 4.22. The number of hydrogen-bond donors (Lipinski definition) is 1. The number of aliphatic hydroxyl groups is 1. The van der Waals surface area contributed by atoms with E-state index in [0.717, 1.165) is 6.42 Å². The van der Waals surface area contributed by atoms with E-state index < -0.39 is 16.9 Å². The number of benzene rings is 1. The average Bonchev–Trinajstić information content (AvgIpc) is 2.95. The summed E-state index contributed by atoms with van der Waals surface area (Å²) in [4.78, 5) is 28.8. The average molecular weight is 418 g/mol. The Bertz CT molecular complexity index is 695. The highest BCUT2D eigenvalue weighted by Crippen LogP contribution is 2.47. The molecule has 1 aromatic rings. The number of nitrogens with zero attached hydrogens (tertiary/aromatic N) is 1. The maximum atomic E-state index is 13.7. The minimum Gasteiger partial charge on any atom is -0.460 e. The number of esters is 1. The third kappa shape index (κ3) is 6.31. The monoisotopic (exact) mass is 417 g/mol. The van der Waals surface area contributed by atoms with E-state index in [1.165, 1.54) is 5.56 Å². The van der Waals surface area contributed by atoms with Crippen LogP contribution < -0.4 is 0 Å². The zero-order valence-corrected chi connectivity index (χ0v) is 19.3. The molecule has 1 amide bonds. The van der Waals surface area contributed by atoms with Gasteiger partial charge in [-0.3, -0.25) is 9.59 Å². The standard InChI is InChI=1S/C25H39NO4/c1-19(2)18-25(21(12-9-17-27)22(28)30-24(3,4)5)14-16-26(23(25)29)15-13-20-10-7-6-8-11-20/h6-8,10-11,19,21,27H,9,12-18H2,1-5H3. The van der Waals surface area contributed by atoms with Gasteiger partial charge in [0, 0.05) is 19.7 Å². The topological polar surface area (TPSA) is 66.8 Å². The van der Waals surface area contributed by atoms with Crippen LogP contribution in [0.4, 0.5) is 0 Å². The molecule has 2 unspecified atom stereocenters. The lowest BCUT2D eigenvalue weighted by Gasteiger charge is -2.37. The molecule has 0 spiro atoms. The van der Waals surface area contributed by atoms with E-state index >= 15 is 0 Å². The van der Waals surface area contributed by atoms with Crippen LogP contribution >= 0.6 is 0 Å². The third-order valence-corrected chi connectivity index (χ3v) is 5.84. The fraction of sp³-hybridized carbons (Fsp3) is 0.680. The first-order valence-corrected chi connectivity index (χ1v) is 11.3. The lowest BCUT2D eigenvalue weighted by molar-refractivity contribution is -0.169. The van der Waals surface area contributed by atoms with E-state index in [-0.39, 0.29) is 24.4 Å². The van der Waals surface area contributed by atoms with E-state index in [4.69, 9.17) is 4.74 Å². The number of amides is 1. The molecule has 168 valence electrons. The van der Waals surface area contributed by atoms with E-state index in [0.29, 0.717) is 38.8 Å². The molecule has 1 heterocycles. The van der Waals surface area contributed by atoms with Crippen molar-refractivity contribution in [3.05, 3.63) is 35.9 Å². The predicted molar refractivity (Wildman–Crippen MR) is 119 cm³/mol. The molecule has 0 saturated carbocycles. The van der Waals surface area contributed by atoms with E-state index in [1.807, 2.05) is 43.9 Å².